The molecule has 2 heterocycles. The lowest BCUT2D eigenvalue weighted by Gasteiger charge is -2.25. The smallest absolute Gasteiger partial charge is 0.421 e. The molecule has 2 aromatic rings. The quantitative estimate of drug-likeness (QED) is 0.328. The predicted octanol–water partition coefficient (Wildman–Crippen LogP) is 6.18. The van der Waals surface area contributed by atoms with Crippen LogP contribution in [0.4, 0.5) is 13.2 Å². The van der Waals surface area contributed by atoms with Crippen LogP contribution in [0.15, 0.2) is 34.1 Å². The molecule has 1 aliphatic heterocycles. The van der Waals surface area contributed by atoms with Crippen molar-refractivity contribution in [2.75, 3.05) is 19.8 Å². The Labute approximate surface area is 245 Å². The van der Waals surface area contributed by atoms with Crippen molar-refractivity contribution in [2.24, 2.45) is 11.8 Å². The summed E-state index contributed by atoms with van der Waals surface area (Å²) in [6.45, 7) is 8.91. The van der Waals surface area contributed by atoms with Crippen LogP contribution < -0.4 is 9.44 Å². The van der Waals surface area contributed by atoms with E-state index in [1.54, 1.807) is 27.7 Å². The van der Waals surface area contributed by atoms with Crippen molar-refractivity contribution in [2.45, 2.75) is 101 Å². The van der Waals surface area contributed by atoms with Gasteiger partial charge in [-0.2, -0.15) is 13.2 Å². The molecule has 7 nitrogen and oxygen atoms in total. The largest absolute Gasteiger partial charge is 0.593 e. The minimum atomic E-state index is -4.75. The number of ether oxygens (including phenoxy) is 1. The van der Waals surface area contributed by atoms with Crippen molar-refractivity contribution < 1.29 is 30.9 Å². The zero-order chi connectivity index (χ0) is 30.0. The van der Waals surface area contributed by atoms with Gasteiger partial charge in [0.05, 0.1) is 16.9 Å². The fraction of sp³-hybridized carbons (Fsp3) is 0.655. The summed E-state index contributed by atoms with van der Waals surface area (Å²) < 4.78 is 95.4. The summed E-state index contributed by atoms with van der Waals surface area (Å²) in [4.78, 5) is -0.282. The lowest BCUT2D eigenvalue weighted by Crippen LogP contribution is -2.41. The van der Waals surface area contributed by atoms with Gasteiger partial charge in [0.25, 0.3) is 0 Å². The zero-order valence-electron chi connectivity index (χ0n) is 24.3. The van der Waals surface area contributed by atoms with Gasteiger partial charge in [0.2, 0.25) is 10.0 Å². The van der Waals surface area contributed by atoms with Gasteiger partial charge in [0.15, 0.2) is 4.90 Å². The summed E-state index contributed by atoms with van der Waals surface area (Å²) in [5.41, 5.74) is -0.528. The molecule has 0 bridgehead atoms. The monoisotopic (exact) mass is 617 g/mol. The minimum Gasteiger partial charge on any atom is -0.593 e. The van der Waals surface area contributed by atoms with Gasteiger partial charge in [-0.1, -0.05) is 19.3 Å². The molecule has 2 N–H and O–H groups in total. The third kappa shape index (κ3) is 8.29. The van der Waals surface area contributed by atoms with Crippen molar-refractivity contribution in [3.63, 3.8) is 0 Å². The number of hydrogen-bond acceptors (Lipinski definition) is 5. The maximum absolute atomic E-state index is 14.3. The van der Waals surface area contributed by atoms with Crippen molar-refractivity contribution in [3.05, 3.63) is 35.5 Å². The van der Waals surface area contributed by atoms with E-state index < -0.39 is 38.7 Å². The number of halogens is 3. The first-order valence-corrected chi connectivity index (χ1v) is 17.0. The van der Waals surface area contributed by atoms with Crippen LogP contribution in [0, 0.1) is 18.8 Å². The van der Waals surface area contributed by atoms with Gasteiger partial charge in [0.1, 0.15) is 10.5 Å². The molecular formula is C29H42F3N3O4S2. The Morgan fingerprint density at radius 2 is 1.68 bits per heavy atom. The molecule has 12 heteroatoms. The van der Waals surface area contributed by atoms with Gasteiger partial charge in [-0.3, -0.25) is 0 Å². The summed E-state index contributed by atoms with van der Waals surface area (Å²) in [6.07, 6.45) is 2.09. The maximum atomic E-state index is 14.3. The standard InChI is InChI=1S/C29H42F3N3O4S2/c1-20-27(41(37,38)33-18-21-12-14-39-15-13-21)17-25(35(20)19-22-8-6-5-7-9-22)23-10-11-26(24(16-23)29(30,31)32)40(36)34-28(2,3)4/h10-11,16-17,21-22,33-34H,5-9,12-15,18-19H2,1-4H3. The first-order chi connectivity index (χ1) is 19.2. The summed E-state index contributed by atoms with van der Waals surface area (Å²) in [5, 5.41) is 0. The molecule has 1 aliphatic carbocycles. The first kappa shape index (κ1) is 32.3. The summed E-state index contributed by atoms with van der Waals surface area (Å²) in [5.74, 6) is 0.483. The van der Waals surface area contributed by atoms with Crippen LogP contribution in [0.3, 0.4) is 0 Å². The lowest BCUT2D eigenvalue weighted by molar-refractivity contribution is -0.139. The van der Waals surface area contributed by atoms with Gasteiger partial charge in [-0.15, -0.1) is 4.72 Å². The average Bonchev–Trinajstić information content (AvgIpc) is 3.23. The summed E-state index contributed by atoms with van der Waals surface area (Å²) in [7, 11) is -3.91. The fourth-order valence-electron chi connectivity index (χ4n) is 5.66. The first-order valence-electron chi connectivity index (χ1n) is 14.3. The predicted molar refractivity (Wildman–Crippen MR) is 154 cm³/mol. The number of nitrogens with zero attached hydrogens (tertiary/aromatic N) is 1. The highest BCUT2D eigenvalue weighted by Gasteiger charge is 2.39. The van der Waals surface area contributed by atoms with E-state index in [4.69, 9.17) is 4.74 Å². The molecule has 0 spiro atoms. The Hall–Kier alpha value is -1.57. The van der Waals surface area contributed by atoms with Crippen LogP contribution in [0.1, 0.15) is 77.0 Å². The third-order valence-corrected chi connectivity index (χ3v) is 10.9. The number of sulfonamides is 1. The van der Waals surface area contributed by atoms with Crippen LogP contribution in [0.5, 0.6) is 0 Å². The van der Waals surface area contributed by atoms with E-state index in [1.807, 2.05) is 4.57 Å². The molecule has 2 aliphatic rings. The van der Waals surface area contributed by atoms with Gasteiger partial charge in [-0.05, 0) is 95.0 Å². The number of alkyl halides is 3. The number of hydrogen-bond donors (Lipinski definition) is 2. The Morgan fingerprint density at radius 1 is 1.02 bits per heavy atom. The molecule has 4 rings (SSSR count). The molecule has 2 fully saturated rings. The number of nitrogens with one attached hydrogen (secondary N) is 2. The fourth-order valence-corrected chi connectivity index (χ4v) is 8.26. The van der Waals surface area contributed by atoms with Crippen LogP contribution >= 0.6 is 0 Å². The molecule has 230 valence electrons. The van der Waals surface area contributed by atoms with Gasteiger partial charge in [0, 0.05) is 37.7 Å². The van der Waals surface area contributed by atoms with Crippen molar-refractivity contribution >= 4 is 21.4 Å². The second kappa shape index (κ2) is 13.0. The Kier molecular flexibility index (Phi) is 10.2. The molecule has 1 saturated heterocycles. The number of benzene rings is 1. The van der Waals surface area contributed by atoms with Gasteiger partial charge >= 0.3 is 6.18 Å². The molecule has 0 radical (unpaired) electrons. The molecule has 1 aromatic carbocycles. The van der Waals surface area contributed by atoms with Crippen LogP contribution in [-0.4, -0.2) is 42.8 Å². The van der Waals surface area contributed by atoms with Crippen molar-refractivity contribution in [1.29, 1.82) is 0 Å². The van der Waals surface area contributed by atoms with Crippen LogP contribution in [-0.2, 0) is 38.8 Å². The Balaban J connectivity index is 1.75. The summed E-state index contributed by atoms with van der Waals surface area (Å²) >= 11 is -2.10. The van der Waals surface area contributed by atoms with E-state index in [-0.39, 0.29) is 27.8 Å². The normalized spacial score (nSPS) is 19.0. The molecular weight excluding hydrogens is 575 g/mol. The Bertz CT molecular complexity index is 1290. The highest BCUT2D eigenvalue weighted by Crippen LogP contribution is 2.39. The number of rotatable bonds is 9. The second-order valence-corrected chi connectivity index (χ2v) is 15.2. The molecule has 0 amide bonds. The van der Waals surface area contributed by atoms with E-state index in [0.717, 1.165) is 51.0 Å². The van der Waals surface area contributed by atoms with E-state index in [9.17, 15) is 26.1 Å². The molecule has 1 atom stereocenters. The average molecular weight is 618 g/mol. The van der Waals surface area contributed by atoms with E-state index >= 15 is 0 Å². The summed E-state index contributed by atoms with van der Waals surface area (Å²) in [6, 6.07) is 5.22. The Morgan fingerprint density at radius 3 is 2.29 bits per heavy atom. The highest BCUT2D eigenvalue weighted by molar-refractivity contribution is 7.89. The maximum Gasteiger partial charge on any atom is 0.421 e. The molecule has 1 unspecified atom stereocenters. The van der Waals surface area contributed by atoms with E-state index in [1.165, 1.54) is 18.2 Å². The van der Waals surface area contributed by atoms with Crippen LogP contribution in [0.25, 0.3) is 11.3 Å². The topological polar surface area (TPSA) is 95.4 Å². The second-order valence-electron chi connectivity index (χ2n) is 12.3. The van der Waals surface area contributed by atoms with Crippen LogP contribution in [0.2, 0.25) is 0 Å². The number of aromatic nitrogens is 1. The SMILES string of the molecule is Cc1c(S(=O)(=O)NCC2CCOCC2)cc(-c2ccc([S+]([O-])NC(C)(C)C)c(C(F)(F)F)c2)n1CC1CCCCC1. The third-order valence-electron chi connectivity index (χ3n) is 7.86. The van der Waals surface area contributed by atoms with E-state index in [2.05, 4.69) is 9.44 Å². The van der Waals surface area contributed by atoms with Gasteiger partial charge < -0.3 is 13.9 Å². The minimum absolute atomic E-state index is 0.0750. The lowest BCUT2D eigenvalue weighted by atomic mass is 9.89. The molecule has 41 heavy (non-hydrogen) atoms. The highest BCUT2D eigenvalue weighted by atomic mass is 32.2. The van der Waals surface area contributed by atoms with Gasteiger partial charge in [-0.25, -0.2) is 13.1 Å². The van der Waals surface area contributed by atoms with Crippen molar-refractivity contribution in [1.82, 2.24) is 14.0 Å². The van der Waals surface area contributed by atoms with E-state index in [0.29, 0.717) is 37.1 Å². The molecule has 1 saturated carbocycles. The molecule has 1 aromatic heterocycles. The zero-order valence-corrected chi connectivity index (χ0v) is 25.9. The van der Waals surface area contributed by atoms with Crippen molar-refractivity contribution in [3.8, 4) is 11.3 Å².